The Labute approximate surface area is 142 Å². The van der Waals surface area contributed by atoms with Crippen molar-refractivity contribution >= 4 is 11.9 Å². The molecule has 0 saturated carbocycles. The van der Waals surface area contributed by atoms with E-state index in [4.69, 9.17) is 0 Å². The summed E-state index contributed by atoms with van der Waals surface area (Å²) in [6.07, 6.45) is 1.63. The maximum atomic E-state index is 14.3. The van der Waals surface area contributed by atoms with Gasteiger partial charge in [-0.3, -0.25) is 10.3 Å². The van der Waals surface area contributed by atoms with E-state index in [2.05, 4.69) is 27.4 Å². The summed E-state index contributed by atoms with van der Waals surface area (Å²) in [5.41, 5.74) is 5.33. The zero-order valence-corrected chi connectivity index (χ0v) is 14.0. The van der Waals surface area contributed by atoms with Crippen LogP contribution in [0.25, 0.3) is 0 Å². The number of rotatable bonds is 5. The summed E-state index contributed by atoms with van der Waals surface area (Å²) < 4.78 is 14.3. The molecule has 1 fully saturated rings. The van der Waals surface area contributed by atoms with Crippen molar-refractivity contribution in [3.63, 3.8) is 0 Å². The van der Waals surface area contributed by atoms with E-state index < -0.39 is 0 Å². The quantitative estimate of drug-likeness (QED) is 0.677. The molecule has 1 aliphatic heterocycles. The Kier molecular flexibility index (Phi) is 5.56. The Hall–Kier alpha value is -2.24. The molecule has 5 heteroatoms. The number of hydrogen-bond donors (Lipinski definition) is 1. The SMILES string of the molecule is CN1CCN(Cc2ccc(C=NNc3ccccc3)cc2F)CC1. The highest BCUT2D eigenvalue weighted by atomic mass is 19.1. The second-order valence-corrected chi connectivity index (χ2v) is 6.17. The number of nitrogens with zero attached hydrogens (tertiary/aromatic N) is 3. The van der Waals surface area contributed by atoms with E-state index >= 15 is 0 Å². The van der Waals surface area contributed by atoms with Gasteiger partial charge in [0, 0.05) is 38.3 Å². The van der Waals surface area contributed by atoms with Gasteiger partial charge in [-0.05, 0) is 30.8 Å². The van der Waals surface area contributed by atoms with Crippen LogP contribution in [0.1, 0.15) is 11.1 Å². The van der Waals surface area contributed by atoms with Gasteiger partial charge in [0.05, 0.1) is 11.9 Å². The molecule has 24 heavy (non-hydrogen) atoms. The number of likely N-dealkylation sites (N-methyl/N-ethyl adjacent to an activating group) is 1. The third kappa shape index (κ3) is 4.63. The molecule has 126 valence electrons. The van der Waals surface area contributed by atoms with Crippen LogP contribution < -0.4 is 5.43 Å². The average molecular weight is 326 g/mol. The molecule has 1 saturated heterocycles. The molecule has 4 nitrogen and oxygen atoms in total. The molecule has 1 heterocycles. The van der Waals surface area contributed by atoms with Crippen molar-refractivity contribution in [1.29, 1.82) is 0 Å². The second kappa shape index (κ2) is 8.04. The number of halogens is 1. The molecule has 1 aliphatic rings. The van der Waals surface area contributed by atoms with Gasteiger partial charge in [-0.15, -0.1) is 0 Å². The maximum absolute atomic E-state index is 14.3. The standard InChI is InChI=1S/C19H23FN4/c1-23-9-11-24(12-10-23)15-17-8-7-16(13-19(17)20)14-21-22-18-5-3-2-4-6-18/h2-8,13-14,22H,9-12,15H2,1H3. The van der Waals surface area contributed by atoms with Crippen LogP contribution in [0, 0.1) is 5.82 Å². The number of nitrogens with one attached hydrogen (secondary N) is 1. The lowest BCUT2D eigenvalue weighted by molar-refractivity contribution is 0.147. The lowest BCUT2D eigenvalue weighted by Crippen LogP contribution is -2.44. The van der Waals surface area contributed by atoms with Gasteiger partial charge in [0.25, 0.3) is 0 Å². The largest absolute Gasteiger partial charge is 0.304 e. The molecule has 0 bridgehead atoms. The Morgan fingerprint density at radius 3 is 2.54 bits per heavy atom. The summed E-state index contributed by atoms with van der Waals surface area (Å²) in [4.78, 5) is 4.59. The minimum absolute atomic E-state index is 0.169. The highest BCUT2D eigenvalue weighted by Crippen LogP contribution is 2.14. The van der Waals surface area contributed by atoms with Crippen LogP contribution in [0.3, 0.4) is 0 Å². The third-order valence-electron chi connectivity index (χ3n) is 4.25. The van der Waals surface area contributed by atoms with Crippen molar-refractivity contribution in [2.45, 2.75) is 6.54 Å². The van der Waals surface area contributed by atoms with Gasteiger partial charge in [0.1, 0.15) is 5.82 Å². The summed E-state index contributed by atoms with van der Waals surface area (Å²) in [5, 5.41) is 4.15. The van der Waals surface area contributed by atoms with Crippen LogP contribution in [0.4, 0.5) is 10.1 Å². The monoisotopic (exact) mass is 326 g/mol. The predicted octanol–water partition coefficient (Wildman–Crippen LogP) is 3.02. The zero-order chi connectivity index (χ0) is 16.8. The zero-order valence-electron chi connectivity index (χ0n) is 14.0. The summed E-state index contributed by atoms with van der Waals surface area (Å²) in [7, 11) is 2.12. The molecule has 0 amide bonds. The van der Waals surface area contributed by atoms with E-state index in [1.165, 1.54) is 0 Å². The Morgan fingerprint density at radius 1 is 1.08 bits per heavy atom. The molecular weight excluding hydrogens is 303 g/mol. The fourth-order valence-corrected chi connectivity index (χ4v) is 2.71. The Bertz CT molecular complexity index is 679. The van der Waals surface area contributed by atoms with Gasteiger partial charge in [0.2, 0.25) is 0 Å². The highest BCUT2D eigenvalue weighted by Gasteiger charge is 2.15. The van der Waals surface area contributed by atoms with E-state index in [0.29, 0.717) is 6.54 Å². The normalized spacial score (nSPS) is 16.6. The van der Waals surface area contributed by atoms with Gasteiger partial charge in [-0.25, -0.2) is 4.39 Å². The second-order valence-electron chi connectivity index (χ2n) is 6.17. The first-order valence-electron chi connectivity index (χ1n) is 8.24. The first kappa shape index (κ1) is 16.6. The molecule has 3 rings (SSSR count). The number of hydrogen-bond acceptors (Lipinski definition) is 4. The first-order chi connectivity index (χ1) is 11.7. The molecule has 0 atom stereocenters. The van der Waals surface area contributed by atoms with Crippen LogP contribution in [-0.4, -0.2) is 49.2 Å². The molecule has 0 unspecified atom stereocenters. The number of para-hydroxylation sites is 1. The Balaban J connectivity index is 1.58. The van der Waals surface area contributed by atoms with E-state index in [9.17, 15) is 4.39 Å². The molecule has 0 spiro atoms. The van der Waals surface area contributed by atoms with Gasteiger partial charge >= 0.3 is 0 Å². The van der Waals surface area contributed by atoms with Crippen LogP contribution in [0.5, 0.6) is 0 Å². The summed E-state index contributed by atoms with van der Waals surface area (Å²) in [5.74, 6) is -0.169. The van der Waals surface area contributed by atoms with Crippen LogP contribution >= 0.6 is 0 Å². The molecule has 0 radical (unpaired) electrons. The van der Waals surface area contributed by atoms with Crippen LogP contribution in [0.2, 0.25) is 0 Å². The molecule has 2 aromatic rings. The summed E-state index contributed by atoms with van der Waals surface area (Å²) >= 11 is 0. The van der Waals surface area contributed by atoms with Crippen LogP contribution in [0.15, 0.2) is 53.6 Å². The fraction of sp³-hybridized carbons (Fsp3) is 0.316. The van der Waals surface area contributed by atoms with Crippen molar-refractivity contribution in [1.82, 2.24) is 9.80 Å². The van der Waals surface area contributed by atoms with Gasteiger partial charge in [-0.1, -0.05) is 30.3 Å². The highest BCUT2D eigenvalue weighted by molar-refractivity contribution is 5.80. The molecule has 0 aromatic heterocycles. The van der Waals surface area contributed by atoms with E-state index in [1.807, 2.05) is 42.5 Å². The summed E-state index contributed by atoms with van der Waals surface area (Å²) in [6, 6.07) is 15.0. The van der Waals surface area contributed by atoms with Crippen molar-refractivity contribution < 1.29 is 4.39 Å². The number of hydrazone groups is 1. The van der Waals surface area contributed by atoms with Crippen LogP contribution in [-0.2, 0) is 6.54 Å². The van der Waals surface area contributed by atoms with E-state index in [-0.39, 0.29) is 5.82 Å². The molecule has 1 N–H and O–H groups in total. The van der Waals surface area contributed by atoms with Crippen molar-refractivity contribution in [2.75, 3.05) is 38.7 Å². The number of benzene rings is 2. The topological polar surface area (TPSA) is 30.9 Å². The van der Waals surface area contributed by atoms with E-state index in [0.717, 1.165) is 43.0 Å². The smallest absolute Gasteiger partial charge is 0.128 e. The third-order valence-corrected chi connectivity index (χ3v) is 4.25. The van der Waals surface area contributed by atoms with Gasteiger partial charge in [-0.2, -0.15) is 5.10 Å². The van der Waals surface area contributed by atoms with Gasteiger partial charge in [0.15, 0.2) is 0 Å². The predicted molar refractivity (Wildman–Crippen MR) is 96.8 cm³/mol. The maximum Gasteiger partial charge on any atom is 0.128 e. The molecular formula is C19H23FN4. The molecule has 2 aromatic carbocycles. The molecule has 0 aliphatic carbocycles. The minimum Gasteiger partial charge on any atom is -0.304 e. The number of anilines is 1. The van der Waals surface area contributed by atoms with Crippen molar-refractivity contribution in [3.05, 3.63) is 65.5 Å². The first-order valence-corrected chi connectivity index (χ1v) is 8.24. The lowest BCUT2D eigenvalue weighted by atomic mass is 10.1. The van der Waals surface area contributed by atoms with Crippen molar-refractivity contribution in [2.24, 2.45) is 5.10 Å². The average Bonchev–Trinajstić information content (AvgIpc) is 2.60. The van der Waals surface area contributed by atoms with Gasteiger partial charge < -0.3 is 4.90 Å². The lowest BCUT2D eigenvalue weighted by Gasteiger charge is -2.32. The number of piperazine rings is 1. The Morgan fingerprint density at radius 2 is 1.83 bits per heavy atom. The summed E-state index contributed by atoms with van der Waals surface area (Å²) in [6.45, 7) is 4.72. The fourth-order valence-electron chi connectivity index (χ4n) is 2.71. The van der Waals surface area contributed by atoms with Crippen molar-refractivity contribution in [3.8, 4) is 0 Å². The minimum atomic E-state index is -0.169. The van der Waals surface area contributed by atoms with E-state index in [1.54, 1.807) is 12.3 Å².